The first-order valence-corrected chi connectivity index (χ1v) is 10.1. The lowest BCUT2D eigenvalue weighted by Gasteiger charge is -2.37. The van der Waals surface area contributed by atoms with Crippen molar-refractivity contribution in [2.75, 3.05) is 4.90 Å². The maximum Gasteiger partial charge on any atom is 0.0947 e. The van der Waals surface area contributed by atoms with Gasteiger partial charge in [-0.3, -0.25) is 4.99 Å². The zero-order valence-electron chi connectivity index (χ0n) is 15.5. The fraction of sp³-hybridized carbons (Fsp3) is 0.160. The van der Waals surface area contributed by atoms with E-state index in [0.29, 0.717) is 5.92 Å². The number of halogens is 1. The Labute approximate surface area is 170 Å². The van der Waals surface area contributed by atoms with Gasteiger partial charge < -0.3 is 4.90 Å². The van der Waals surface area contributed by atoms with Crippen molar-refractivity contribution in [2.24, 2.45) is 10.9 Å². The minimum absolute atomic E-state index is 0.0695. The highest BCUT2D eigenvalue weighted by Crippen LogP contribution is 2.38. The third-order valence-corrected chi connectivity index (χ3v) is 5.73. The summed E-state index contributed by atoms with van der Waals surface area (Å²) in [6.45, 7) is 0. The number of dihydropyridines is 1. The number of hydrogen-bond donors (Lipinski definition) is 0. The van der Waals surface area contributed by atoms with Gasteiger partial charge in [0.25, 0.3) is 0 Å². The average Bonchev–Trinajstić information content (AvgIpc) is 2.74. The molecule has 0 fully saturated rings. The fourth-order valence-corrected chi connectivity index (χ4v) is 4.31. The normalized spacial score (nSPS) is 22.8. The lowest BCUT2D eigenvalue weighted by Crippen LogP contribution is -2.33. The lowest BCUT2D eigenvalue weighted by molar-refractivity contribution is 0.722. The van der Waals surface area contributed by atoms with Crippen LogP contribution in [0.25, 0.3) is 0 Å². The van der Waals surface area contributed by atoms with Crippen LogP contribution in [0.5, 0.6) is 0 Å². The molecular weight excluding hydrogens is 364 g/mol. The van der Waals surface area contributed by atoms with Crippen LogP contribution in [-0.2, 0) is 6.42 Å². The van der Waals surface area contributed by atoms with Crippen molar-refractivity contribution in [1.82, 2.24) is 0 Å². The van der Waals surface area contributed by atoms with Crippen molar-refractivity contribution in [3.8, 4) is 0 Å². The van der Waals surface area contributed by atoms with Gasteiger partial charge in [-0.1, -0.05) is 66.2 Å². The number of rotatable bonds is 3. The topological polar surface area (TPSA) is 15.6 Å². The van der Waals surface area contributed by atoms with Crippen molar-refractivity contribution in [1.29, 1.82) is 0 Å². The van der Waals surface area contributed by atoms with E-state index in [2.05, 4.69) is 90.1 Å². The molecule has 0 saturated carbocycles. The molecule has 3 aliphatic rings. The van der Waals surface area contributed by atoms with Crippen molar-refractivity contribution < 1.29 is 0 Å². The number of hydrogen-bond acceptors (Lipinski definition) is 2. The molecule has 2 atom stereocenters. The summed E-state index contributed by atoms with van der Waals surface area (Å²) in [7, 11) is 0. The molecule has 0 radical (unpaired) electrons. The highest BCUT2D eigenvalue weighted by molar-refractivity contribution is 6.31. The first kappa shape index (κ1) is 17.3. The molecule has 2 aromatic carbocycles. The predicted molar refractivity (Wildman–Crippen MR) is 118 cm³/mol. The molecule has 2 aliphatic heterocycles. The van der Waals surface area contributed by atoms with Crippen molar-refractivity contribution in [2.45, 2.75) is 18.9 Å². The second-order valence-electron chi connectivity index (χ2n) is 7.40. The Morgan fingerprint density at radius 1 is 1.00 bits per heavy atom. The molecule has 0 amide bonds. The van der Waals surface area contributed by atoms with Crippen LogP contribution < -0.4 is 4.90 Å². The minimum Gasteiger partial charge on any atom is -0.320 e. The number of aliphatic imine (C=N–C) groups is 1. The summed E-state index contributed by atoms with van der Waals surface area (Å²) in [6.07, 6.45) is 14.5. The highest BCUT2D eigenvalue weighted by Gasteiger charge is 2.31. The van der Waals surface area contributed by atoms with Crippen LogP contribution in [0.2, 0.25) is 0 Å². The zero-order chi connectivity index (χ0) is 18.9. The standard InChI is InChI=1S/C25H21ClN2/c26-21-10-13-24-23(16-21)25-20(17-27-24)7-4-14-28(25)22-11-8-19(9-12-22)15-18-5-2-1-3-6-18/h1-6,8-14,16-17,20,24H,7,15H2. The molecule has 138 valence electrons. The fourth-order valence-electron chi connectivity index (χ4n) is 4.12. The molecule has 3 heteroatoms. The zero-order valence-corrected chi connectivity index (χ0v) is 16.3. The van der Waals surface area contributed by atoms with Crippen LogP contribution in [0.15, 0.2) is 106 Å². The summed E-state index contributed by atoms with van der Waals surface area (Å²) >= 11 is 6.31. The van der Waals surface area contributed by atoms with Gasteiger partial charge in [-0.15, -0.1) is 0 Å². The third kappa shape index (κ3) is 3.25. The van der Waals surface area contributed by atoms with E-state index in [-0.39, 0.29) is 6.04 Å². The Bertz CT molecular complexity index is 1030. The Morgan fingerprint density at radius 2 is 1.79 bits per heavy atom. The molecule has 5 rings (SSSR count). The predicted octanol–water partition coefficient (Wildman–Crippen LogP) is 6.02. The van der Waals surface area contributed by atoms with Gasteiger partial charge in [-0.25, -0.2) is 0 Å². The third-order valence-electron chi connectivity index (χ3n) is 5.49. The second-order valence-corrected chi connectivity index (χ2v) is 7.83. The van der Waals surface area contributed by atoms with E-state index in [1.165, 1.54) is 28.1 Å². The number of benzene rings is 2. The molecular formula is C25H21ClN2. The maximum absolute atomic E-state index is 6.31. The Kier molecular flexibility index (Phi) is 4.50. The molecule has 0 bridgehead atoms. The van der Waals surface area contributed by atoms with E-state index in [9.17, 15) is 0 Å². The van der Waals surface area contributed by atoms with Crippen molar-refractivity contribution in [3.05, 3.63) is 113 Å². The van der Waals surface area contributed by atoms with Gasteiger partial charge >= 0.3 is 0 Å². The molecule has 28 heavy (non-hydrogen) atoms. The van der Waals surface area contributed by atoms with Crippen molar-refractivity contribution >= 4 is 23.5 Å². The summed E-state index contributed by atoms with van der Waals surface area (Å²) in [5.41, 5.74) is 6.32. The number of nitrogens with zero attached hydrogens (tertiary/aromatic N) is 2. The van der Waals surface area contributed by atoms with E-state index in [1.54, 1.807) is 0 Å². The van der Waals surface area contributed by atoms with E-state index in [0.717, 1.165) is 17.9 Å². The van der Waals surface area contributed by atoms with Crippen LogP contribution in [0.1, 0.15) is 17.5 Å². The Balaban J connectivity index is 1.47. The van der Waals surface area contributed by atoms with Crippen LogP contribution in [0.3, 0.4) is 0 Å². The van der Waals surface area contributed by atoms with Gasteiger partial charge in [0, 0.05) is 40.3 Å². The summed E-state index contributed by atoms with van der Waals surface area (Å²) in [4.78, 5) is 7.03. The molecule has 0 N–H and O–H groups in total. The number of anilines is 1. The average molecular weight is 385 g/mol. The van der Waals surface area contributed by atoms with E-state index < -0.39 is 0 Å². The van der Waals surface area contributed by atoms with E-state index in [4.69, 9.17) is 16.6 Å². The minimum atomic E-state index is 0.0695. The summed E-state index contributed by atoms with van der Waals surface area (Å²) in [5.74, 6) is 0.299. The highest BCUT2D eigenvalue weighted by atomic mass is 35.5. The van der Waals surface area contributed by atoms with Crippen molar-refractivity contribution in [3.63, 3.8) is 0 Å². The van der Waals surface area contributed by atoms with Gasteiger partial charge in [0.15, 0.2) is 0 Å². The van der Waals surface area contributed by atoms with Gasteiger partial charge in [0.05, 0.1) is 6.04 Å². The van der Waals surface area contributed by atoms with Gasteiger partial charge in [-0.2, -0.15) is 0 Å². The second kappa shape index (κ2) is 7.29. The first-order chi connectivity index (χ1) is 13.8. The summed E-state index contributed by atoms with van der Waals surface area (Å²) in [5, 5.41) is 0.766. The van der Waals surface area contributed by atoms with E-state index in [1.807, 2.05) is 6.08 Å². The van der Waals surface area contributed by atoms with Crippen LogP contribution in [-0.4, -0.2) is 12.3 Å². The SMILES string of the molecule is ClC1=CC2=C3C(C=NC2C=C1)CC=CN3c1ccc(Cc2ccccc2)cc1. The molecule has 0 spiro atoms. The summed E-state index contributed by atoms with van der Waals surface area (Å²) < 4.78 is 0. The molecule has 2 nitrogen and oxygen atoms in total. The monoisotopic (exact) mass is 384 g/mol. The molecule has 2 heterocycles. The largest absolute Gasteiger partial charge is 0.320 e. The van der Waals surface area contributed by atoms with Gasteiger partial charge in [0.1, 0.15) is 0 Å². The van der Waals surface area contributed by atoms with Gasteiger partial charge in [-0.05, 0) is 48.3 Å². The molecule has 2 unspecified atom stereocenters. The molecule has 1 aliphatic carbocycles. The molecule has 0 saturated heterocycles. The quantitative estimate of drug-likeness (QED) is 0.632. The molecule has 0 aromatic heterocycles. The van der Waals surface area contributed by atoms with Crippen LogP contribution in [0.4, 0.5) is 5.69 Å². The molecule has 2 aromatic rings. The smallest absolute Gasteiger partial charge is 0.0947 e. The van der Waals surface area contributed by atoms with Gasteiger partial charge in [0.2, 0.25) is 0 Å². The lowest BCUT2D eigenvalue weighted by atomic mass is 9.86. The first-order valence-electron chi connectivity index (χ1n) is 9.69. The van der Waals surface area contributed by atoms with E-state index >= 15 is 0 Å². The number of allylic oxidation sites excluding steroid dienone is 4. The Hall–Kier alpha value is -2.84. The van der Waals surface area contributed by atoms with Crippen LogP contribution in [0, 0.1) is 5.92 Å². The summed E-state index contributed by atoms with van der Waals surface area (Å²) in [6, 6.07) is 19.5. The maximum atomic E-state index is 6.31. The Morgan fingerprint density at radius 3 is 2.61 bits per heavy atom. The number of fused-ring (bicyclic) bond motifs is 2. The van der Waals surface area contributed by atoms with Crippen LogP contribution >= 0.6 is 11.6 Å².